The number of anilines is 2. The van der Waals surface area contributed by atoms with Crippen LogP contribution >= 0.6 is 0 Å². The fourth-order valence-electron chi connectivity index (χ4n) is 3.75. The molecule has 1 N–H and O–H groups in total. The molecular formula is C20H21N3O4S. The van der Waals surface area contributed by atoms with E-state index in [2.05, 4.69) is 5.32 Å². The number of urea groups is 1. The lowest BCUT2D eigenvalue weighted by atomic mass is 9.84. The van der Waals surface area contributed by atoms with Gasteiger partial charge in [0.2, 0.25) is 5.91 Å². The predicted octanol–water partition coefficient (Wildman–Crippen LogP) is 2.44. The lowest BCUT2D eigenvalue weighted by molar-refractivity contribution is -0.116. The number of hydrogen-bond acceptors (Lipinski definition) is 4. The third-order valence-corrected chi connectivity index (χ3v) is 6.44. The molecule has 1 fully saturated rings. The van der Waals surface area contributed by atoms with Crippen LogP contribution in [0.1, 0.15) is 23.5 Å². The Morgan fingerprint density at radius 2 is 1.75 bits per heavy atom. The summed E-state index contributed by atoms with van der Waals surface area (Å²) in [6.07, 6.45) is 1.46. The van der Waals surface area contributed by atoms with Gasteiger partial charge in [0.25, 0.3) is 0 Å². The molecule has 0 aromatic heterocycles. The molecule has 2 heterocycles. The molecule has 0 radical (unpaired) electrons. The van der Waals surface area contributed by atoms with Gasteiger partial charge < -0.3 is 10.2 Å². The first-order valence-corrected chi connectivity index (χ1v) is 10.9. The number of amides is 3. The first-order chi connectivity index (χ1) is 13.2. The van der Waals surface area contributed by atoms with Crippen molar-refractivity contribution in [3.05, 3.63) is 53.6 Å². The summed E-state index contributed by atoms with van der Waals surface area (Å²) < 4.78 is 23.4. The normalized spacial score (nSPS) is 19.6. The van der Waals surface area contributed by atoms with Gasteiger partial charge in [-0.05, 0) is 35.4 Å². The summed E-state index contributed by atoms with van der Waals surface area (Å²) >= 11 is 0. The van der Waals surface area contributed by atoms with E-state index in [1.807, 2.05) is 18.2 Å². The van der Waals surface area contributed by atoms with Crippen molar-refractivity contribution < 1.29 is 18.0 Å². The van der Waals surface area contributed by atoms with Crippen molar-refractivity contribution in [2.24, 2.45) is 0 Å². The summed E-state index contributed by atoms with van der Waals surface area (Å²) in [7, 11) is -1.50. The number of carbonyl (C=O) groups is 2. The Kier molecular flexibility index (Phi) is 4.38. The van der Waals surface area contributed by atoms with Crippen molar-refractivity contribution in [2.45, 2.75) is 17.2 Å². The highest BCUT2D eigenvalue weighted by molar-refractivity contribution is 7.90. The van der Waals surface area contributed by atoms with E-state index in [0.717, 1.165) is 16.8 Å². The summed E-state index contributed by atoms with van der Waals surface area (Å²) in [5.41, 5.74) is 3.28. The molecule has 2 aliphatic heterocycles. The number of benzene rings is 2. The molecule has 1 atom stereocenters. The summed E-state index contributed by atoms with van der Waals surface area (Å²) in [5.74, 6) is -0.268. The number of carbonyl (C=O) groups excluding carboxylic acids is 2. The monoisotopic (exact) mass is 399 g/mol. The number of rotatable bonds is 3. The molecule has 8 heteroatoms. The molecule has 2 aromatic carbocycles. The largest absolute Gasteiger partial charge is 0.326 e. The molecular weight excluding hydrogens is 378 g/mol. The molecule has 0 bridgehead atoms. The standard InChI is InChI=1S/C20H21N3O4S/c1-22-9-10-23(20(22)25)14-5-8-16-17(12-19(24)21-18(16)11-14)13-3-6-15(7-4-13)28(2,26)27/h3-8,11,17H,9-10,12H2,1-2H3,(H,21,24). The second-order valence-corrected chi connectivity index (χ2v) is 9.29. The van der Waals surface area contributed by atoms with Gasteiger partial charge in [-0.2, -0.15) is 0 Å². The molecule has 2 aliphatic rings. The zero-order chi connectivity index (χ0) is 20.1. The van der Waals surface area contributed by atoms with E-state index in [1.54, 1.807) is 41.1 Å². The Morgan fingerprint density at radius 3 is 2.36 bits per heavy atom. The second kappa shape index (κ2) is 6.63. The number of nitrogens with one attached hydrogen (secondary N) is 1. The zero-order valence-electron chi connectivity index (χ0n) is 15.7. The molecule has 2 aromatic rings. The van der Waals surface area contributed by atoms with Gasteiger partial charge in [0.15, 0.2) is 9.84 Å². The molecule has 0 saturated carbocycles. The number of sulfone groups is 1. The molecule has 1 saturated heterocycles. The smallest absolute Gasteiger partial charge is 0.324 e. The highest BCUT2D eigenvalue weighted by Gasteiger charge is 2.30. The van der Waals surface area contributed by atoms with Gasteiger partial charge in [0.1, 0.15) is 0 Å². The Balaban J connectivity index is 1.69. The van der Waals surface area contributed by atoms with Crippen LogP contribution in [0.15, 0.2) is 47.4 Å². The molecule has 146 valence electrons. The maximum absolute atomic E-state index is 12.3. The zero-order valence-corrected chi connectivity index (χ0v) is 16.5. The summed E-state index contributed by atoms with van der Waals surface area (Å²) in [5, 5.41) is 2.90. The Labute approximate surface area is 163 Å². The van der Waals surface area contributed by atoms with Gasteiger partial charge in [0, 0.05) is 50.1 Å². The Bertz CT molecular complexity index is 1060. The van der Waals surface area contributed by atoms with Crippen molar-refractivity contribution in [3.63, 3.8) is 0 Å². The Morgan fingerprint density at radius 1 is 1.04 bits per heavy atom. The van der Waals surface area contributed by atoms with E-state index in [1.165, 1.54) is 6.26 Å². The molecule has 0 spiro atoms. The summed E-state index contributed by atoms with van der Waals surface area (Å²) in [4.78, 5) is 28.1. The van der Waals surface area contributed by atoms with Crippen molar-refractivity contribution in [3.8, 4) is 0 Å². The van der Waals surface area contributed by atoms with Crippen LogP contribution in [0.5, 0.6) is 0 Å². The number of fused-ring (bicyclic) bond motifs is 1. The van der Waals surface area contributed by atoms with Crippen LogP contribution in [0.2, 0.25) is 0 Å². The van der Waals surface area contributed by atoms with E-state index in [-0.39, 0.29) is 29.2 Å². The molecule has 4 rings (SSSR count). The topological polar surface area (TPSA) is 86.8 Å². The average Bonchev–Trinajstić information content (AvgIpc) is 2.99. The number of likely N-dealkylation sites (N-methyl/N-ethyl adjacent to an activating group) is 1. The van der Waals surface area contributed by atoms with Crippen LogP contribution in [0.25, 0.3) is 0 Å². The summed E-state index contributed by atoms with van der Waals surface area (Å²) in [6.45, 7) is 1.27. The fraction of sp³-hybridized carbons (Fsp3) is 0.300. The average molecular weight is 399 g/mol. The lowest BCUT2D eigenvalue weighted by Gasteiger charge is -2.28. The maximum Gasteiger partial charge on any atom is 0.324 e. The first kappa shape index (κ1) is 18.5. The molecule has 0 aliphatic carbocycles. The van der Waals surface area contributed by atoms with Crippen LogP contribution in [0.4, 0.5) is 16.2 Å². The van der Waals surface area contributed by atoms with Crippen LogP contribution in [-0.4, -0.2) is 51.6 Å². The minimum absolute atomic E-state index is 0.0602. The minimum atomic E-state index is -3.27. The number of nitrogens with zero attached hydrogens (tertiary/aromatic N) is 2. The molecule has 3 amide bonds. The van der Waals surface area contributed by atoms with Gasteiger partial charge >= 0.3 is 6.03 Å². The van der Waals surface area contributed by atoms with Crippen molar-refractivity contribution in [1.82, 2.24) is 4.90 Å². The third-order valence-electron chi connectivity index (χ3n) is 5.31. The SMILES string of the molecule is CN1CCN(c2ccc3c(c2)NC(=O)CC3c2ccc(S(C)(=O)=O)cc2)C1=O. The fourth-order valence-corrected chi connectivity index (χ4v) is 4.38. The van der Waals surface area contributed by atoms with Gasteiger partial charge in [-0.3, -0.25) is 9.69 Å². The van der Waals surface area contributed by atoms with E-state index in [9.17, 15) is 18.0 Å². The maximum atomic E-state index is 12.3. The molecule has 28 heavy (non-hydrogen) atoms. The molecule has 7 nitrogen and oxygen atoms in total. The lowest BCUT2D eigenvalue weighted by Crippen LogP contribution is -2.30. The van der Waals surface area contributed by atoms with Gasteiger partial charge in [-0.25, -0.2) is 13.2 Å². The van der Waals surface area contributed by atoms with Crippen LogP contribution in [-0.2, 0) is 14.6 Å². The highest BCUT2D eigenvalue weighted by Crippen LogP contribution is 2.39. The van der Waals surface area contributed by atoms with E-state index >= 15 is 0 Å². The predicted molar refractivity (Wildman–Crippen MR) is 106 cm³/mol. The summed E-state index contributed by atoms with van der Waals surface area (Å²) in [6, 6.07) is 12.3. The molecule has 1 unspecified atom stereocenters. The van der Waals surface area contributed by atoms with Crippen LogP contribution in [0.3, 0.4) is 0 Å². The van der Waals surface area contributed by atoms with Crippen molar-refractivity contribution in [1.29, 1.82) is 0 Å². The Hall–Kier alpha value is -2.87. The van der Waals surface area contributed by atoms with Crippen LogP contribution < -0.4 is 10.2 Å². The van der Waals surface area contributed by atoms with E-state index in [0.29, 0.717) is 18.8 Å². The van der Waals surface area contributed by atoms with Crippen LogP contribution in [0, 0.1) is 0 Å². The van der Waals surface area contributed by atoms with E-state index in [4.69, 9.17) is 0 Å². The van der Waals surface area contributed by atoms with E-state index < -0.39 is 9.84 Å². The van der Waals surface area contributed by atoms with Gasteiger partial charge in [-0.15, -0.1) is 0 Å². The minimum Gasteiger partial charge on any atom is -0.326 e. The van der Waals surface area contributed by atoms with Gasteiger partial charge in [0.05, 0.1) is 4.90 Å². The van der Waals surface area contributed by atoms with Crippen molar-refractivity contribution >= 4 is 33.2 Å². The van der Waals surface area contributed by atoms with Gasteiger partial charge in [-0.1, -0.05) is 18.2 Å². The first-order valence-electron chi connectivity index (χ1n) is 9.00. The quantitative estimate of drug-likeness (QED) is 0.859. The second-order valence-electron chi connectivity index (χ2n) is 7.27. The highest BCUT2D eigenvalue weighted by atomic mass is 32.2. The third kappa shape index (κ3) is 3.24. The number of hydrogen-bond donors (Lipinski definition) is 1. The van der Waals surface area contributed by atoms with Crippen molar-refractivity contribution in [2.75, 3.05) is 36.6 Å².